The number of hydrogen-bond donors (Lipinski definition) is 0. The smallest absolute Gasteiger partial charge is 0.255 e. The molecule has 34 heavy (non-hydrogen) atoms. The molecule has 0 saturated heterocycles. The van der Waals surface area contributed by atoms with Crippen molar-refractivity contribution in [1.29, 1.82) is 0 Å². The van der Waals surface area contributed by atoms with Gasteiger partial charge in [0.25, 0.3) is 7.41 Å². The van der Waals surface area contributed by atoms with Crippen LogP contribution < -0.4 is 0 Å². The summed E-state index contributed by atoms with van der Waals surface area (Å²) in [5.41, 5.74) is 7.91. The lowest BCUT2D eigenvalue weighted by molar-refractivity contribution is -0.0262. The van der Waals surface area contributed by atoms with Crippen LogP contribution in [0.25, 0.3) is 0 Å². The Bertz CT molecular complexity index is 925. The first-order chi connectivity index (χ1) is 16.2. The van der Waals surface area contributed by atoms with Gasteiger partial charge in [-0.25, -0.2) is 0 Å². The second-order valence-electron chi connectivity index (χ2n) is 10.8. The molecule has 1 aliphatic rings. The van der Waals surface area contributed by atoms with Gasteiger partial charge in [0.05, 0.1) is 34.5 Å². The molecule has 1 radical (unpaired) electrons. The van der Waals surface area contributed by atoms with E-state index in [1.54, 1.807) is 0 Å². The van der Waals surface area contributed by atoms with Crippen LogP contribution in [0.3, 0.4) is 0 Å². The fraction of sp³-hybridized carbons (Fsp3) is 0.429. The summed E-state index contributed by atoms with van der Waals surface area (Å²) in [5, 5.41) is 0. The van der Waals surface area contributed by atoms with E-state index < -0.39 is 8.07 Å². The van der Waals surface area contributed by atoms with E-state index in [0.29, 0.717) is 26.4 Å². The van der Waals surface area contributed by atoms with Crippen LogP contribution in [0.15, 0.2) is 81.0 Å². The van der Waals surface area contributed by atoms with E-state index in [2.05, 4.69) is 123 Å². The lowest BCUT2D eigenvalue weighted by atomic mass is 9.85. The Labute approximate surface area is 222 Å². The van der Waals surface area contributed by atoms with Gasteiger partial charge in [-0.15, -0.1) is 0 Å². The summed E-state index contributed by atoms with van der Waals surface area (Å²) < 4.78 is 14.0. The molecule has 0 bridgehead atoms. The van der Waals surface area contributed by atoms with E-state index >= 15 is 0 Å². The lowest BCUT2D eigenvalue weighted by Crippen LogP contribution is -2.30. The molecule has 3 rings (SSSR count). The van der Waals surface area contributed by atoms with Gasteiger partial charge in [-0.1, -0.05) is 114 Å². The van der Waals surface area contributed by atoms with Crippen molar-refractivity contribution in [1.82, 2.24) is 4.81 Å². The van der Waals surface area contributed by atoms with Crippen molar-refractivity contribution in [2.24, 2.45) is 5.41 Å². The van der Waals surface area contributed by atoms with Crippen molar-refractivity contribution in [3.05, 3.63) is 92.1 Å². The lowest BCUT2D eigenvalue weighted by Gasteiger charge is -2.28. The second kappa shape index (κ2) is 12.7. The van der Waals surface area contributed by atoms with Gasteiger partial charge in [-0.05, 0) is 47.1 Å². The number of ether oxygens (including phenoxy) is 2. The van der Waals surface area contributed by atoms with E-state index in [0.717, 1.165) is 12.8 Å². The molecule has 0 heterocycles. The van der Waals surface area contributed by atoms with Crippen molar-refractivity contribution in [2.75, 3.05) is 27.3 Å². The highest BCUT2D eigenvalue weighted by molar-refractivity contribution is 14.1. The number of nitrogens with zero attached hydrogens (tertiary/aromatic N) is 1. The number of halogens is 1. The monoisotopic (exact) mass is 586 g/mol. The Balaban J connectivity index is 1.83. The van der Waals surface area contributed by atoms with Gasteiger partial charge in [-0.2, -0.15) is 0 Å². The summed E-state index contributed by atoms with van der Waals surface area (Å²) in [6, 6.07) is 20.9. The zero-order chi connectivity index (χ0) is 24.6. The molecule has 1 aliphatic carbocycles. The van der Waals surface area contributed by atoms with Crippen molar-refractivity contribution in [2.45, 2.75) is 45.7 Å². The van der Waals surface area contributed by atoms with Crippen molar-refractivity contribution >= 4 is 38.1 Å². The fourth-order valence-corrected chi connectivity index (χ4v) is 6.85. The Hall–Kier alpha value is -1.19. The van der Waals surface area contributed by atoms with Gasteiger partial charge in [0.15, 0.2) is 0 Å². The standard InChI is InChI=1S/C28H38BINO2Si/c1-31(2)29-27(30)26-17-28(16-25(26)20-34(3,4)5,21-32-18-23-12-8-6-9-13-23)22-33-19-24-14-10-7-11-15-24/h6-15,20H,16-19,21-22H2,1-5H3. The molecular formula is C28H38BINO2Si. The molecule has 0 aliphatic heterocycles. The number of hydrogen-bond acceptors (Lipinski definition) is 3. The second-order valence-corrected chi connectivity index (χ2v) is 16.9. The summed E-state index contributed by atoms with van der Waals surface area (Å²) in [4.78, 5) is 2.14. The van der Waals surface area contributed by atoms with Crippen LogP contribution in [-0.2, 0) is 22.7 Å². The molecule has 6 heteroatoms. The molecule has 0 atom stereocenters. The van der Waals surface area contributed by atoms with Crippen molar-refractivity contribution < 1.29 is 9.47 Å². The molecule has 0 spiro atoms. The van der Waals surface area contributed by atoms with Gasteiger partial charge in [0.1, 0.15) is 0 Å². The third-order valence-electron chi connectivity index (χ3n) is 5.81. The van der Waals surface area contributed by atoms with Gasteiger partial charge in [-0.3, -0.25) is 0 Å². The van der Waals surface area contributed by atoms with Gasteiger partial charge >= 0.3 is 0 Å². The van der Waals surface area contributed by atoms with Crippen LogP contribution >= 0.6 is 22.6 Å². The Morgan fingerprint density at radius 2 is 1.41 bits per heavy atom. The van der Waals surface area contributed by atoms with Crippen LogP contribution in [0.2, 0.25) is 19.6 Å². The van der Waals surface area contributed by atoms with Crippen LogP contribution in [-0.4, -0.2) is 47.6 Å². The maximum Gasteiger partial charge on any atom is 0.255 e. The van der Waals surface area contributed by atoms with Gasteiger partial charge < -0.3 is 14.3 Å². The Morgan fingerprint density at radius 1 is 0.912 bits per heavy atom. The van der Waals surface area contributed by atoms with E-state index in [4.69, 9.17) is 9.47 Å². The van der Waals surface area contributed by atoms with Crippen LogP contribution in [0, 0.1) is 5.41 Å². The number of benzene rings is 2. The quantitative estimate of drug-likeness (QED) is 0.213. The molecule has 0 amide bonds. The number of rotatable bonds is 11. The molecule has 2 aromatic rings. The summed E-state index contributed by atoms with van der Waals surface area (Å²) in [7, 11) is 5.03. The first-order valence-electron chi connectivity index (χ1n) is 12.0. The van der Waals surface area contributed by atoms with Crippen LogP contribution in [0.1, 0.15) is 24.0 Å². The molecule has 1 fully saturated rings. The molecular weight excluding hydrogens is 548 g/mol. The molecule has 0 unspecified atom stereocenters. The average molecular weight is 586 g/mol. The maximum atomic E-state index is 6.36. The van der Waals surface area contributed by atoms with Crippen LogP contribution in [0.4, 0.5) is 0 Å². The predicted molar refractivity (Wildman–Crippen MR) is 156 cm³/mol. The third-order valence-corrected chi connectivity index (χ3v) is 7.96. The van der Waals surface area contributed by atoms with Gasteiger partial charge in [0, 0.05) is 5.41 Å². The minimum absolute atomic E-state index is 0.0546. The molecule has 3 nitrogen and oxygen atoms in total. The van der Waals surface area contributed by atoms with Crippen molar-refractivity contribution in [3.63, 3.8) is 0 Å². The summed E-state index contributed by atoms with van der Waals surface area (Å²) >= 11 is 2.51. The topological polar surface area (TPSA) is 21.7 Å². The first-order valence-corrected chi connectivity index (χ1v) is 16.7. The van der Waals surface area contributed by atoms with Gasteiger partial charge in [0.2, 0.25) is 0 Å². The molecule has 0 N–H and O–H groups in total. The Kier molecular flexibility index (Phi) is 10.2. The van der Waals surface area contributed by atoms with E-state index in [1.165, 1.54) is 25.8 Å². The first kappa shape index (κ1) is 27.4. The zero-order valence-corrected chi connectivity index (χ0v) is 24.5. The highest BCUT2D eigenvalue weighted by atomic mass is 127. The molecule has 1 saturated carbocycles. The van der Waals surface area contributed by atoms with E-state index in [9.17, 15) is 0 Å². The SMILES string of the molecule is CN(C)[B]C(I)=C1CC(COCc2ccccc2)(COCc2ccccc2)CC1=C[Si](C)(C)C. The minimum atomic E-state index is -1.39. The summed E-state index contributed by atoms with van der Waals surface area (Å²) in [6.07, 6.45) is 1.99. The minimum Gasteiger partial charge on any atom is -0.376 e. The third kappa shape index (κ3) is 8.79. The molecule has 181 valence electrons. The molecule has 0 aromatic heterocycles. The normalized spacial score (nSPS) is 18.5. The predicted octanol–water partition coefficient (Wildman–Crippen LogP) is 6.83. The number of allylic oxidation sites excluding steroid dienone is 2. The van der Waals surface area contributed by atoms with Crippen molar-refractivity contribution in [3.8, 4) is 0 Å². The highest BCUT2D eigenvalue weighted by Gasteiger charge is 2.41. The van der Waals surface area contributed by atoms with Crippen LogP contribution in [0.5, 0.6) is 0 Å². The molecule has 2 aromatic carbocycles. The highest BCUT2D eigenvalue weighted by Crippen LogP contribution is 2.48. The van der Waals surface area contributed by atoms with E-state index in [1.807, 2.05) is 12.1 Å². The Morgan fingerprint density at radius 3 is 1.85 bits per heavy atom. The largest absolute Gasteiger partial charge is 0.376 e. The zero-order valence-electron chi connectivity index (χ0n) is 21.3. The fourth-order valence-electron chi connectivity index (χ4n) is 4.43. The summed E-state index contributed by atoms with van der Waals surface area (Å²) in [5.74, 6) is 0. The average Bonchev–Trinajstić information content (AvgIpc) is 3.11. The maximum absolute atomic E-state index is 6.36. The summed E-state index contributed by atoms with van der Waals surface area (Å²) in [6.45, 7) is 9.89. The van der Waals surface area contributed by atoms with E-state index in [-0.39, 0.29) is 5.41 Å².